The number of thioether (sulfide) groups is 1. The number of amides is 1. The standard InChI is InChI=1S/C20H25N2O6S/c1-11-15(27-16(24)12-9-7-6-8-10-12)14(23)13-17(26-11)29-18(21-13)22(5)19(25)28-20(2,3)4/h6-11,13-15,17,23H,1H2,2-5H3/t11-,13-,14-,15-,17-/m1/s1. The quantitative estimate of drug-likeness (QED) is 0.733. The maximum absolute atomic E-state index is 12.4. The van der Waals surface area contributed by atoms with Crippen molar-refractivity contribution in [2.75, 3.05) is 7.05 Å². The number of benzene rings is 1. The molecule has 1 aromatic carbocycles. The van der Waals surface area contributed by atoms with Crippen molar-refractivity contribution < 1.29 is 28.9 Å². The zero-order valence-corrected chi connectivity index (χ0v) is 17.6. The molecule has 9 heteroatoms. The van der Waals surface area contributed by atoms with E-state index in [0.29, 0.717) is 10.7 Å². The van der Waals surface area contributed by atoms with Crippen LogP contribution in [0.2, 0.25) is 0 Å². The SMILES string of the molecule is [CH2][C@H]1O[C@@H]2SC(N(C)C(=O)OC(C)(C)C)=N[C@@H]2[C@@H](O)[C@@H]1OC(=O)c1ccccc1. The molecule has 0 aromatic heterocycles. The van der Waals surface area contributed by atoms with Gasteiger partial charge in [0, 0.05) is 7.05 Å². The minimum absolute atomic E-state index is 0.357. The Kier molecular flexibility index (Phi) is 6.21. The van der Waals surface area contributed by atoms with E-state index >= 15 is 0 Å². The summed E-state index contributed by atoms with van der Waals surface area (Å²) in [5.74, 6) is -0.578. The van der Waals surface area contributed by atoms with Gasteiger partial charge in [-0.2, -0.15) is 0 Å². The third kappa shape index (κ3) is 4.91. The van der Waals surface area contributed by atoms with Crippen LogP contribution in [0.15, 0.2) is 35.3 Å². The third-order valence-electron chi connectivity index (χ3n) is 4.33. The predicted molar refractivity (Wildman–Crippen MR) is 108 cm³/mol. The number of nitrogens with zero attached hydrogens (tertiary/aromatic N) is 2. The van der Waals surface area contributed by atoms with E-state index in [0.717, 1.165) is 0 Å². The van der Waals surface area contributed by atoms with Crippen molar-refractivity contribution in [2.24, 2.45) is 4.99 Å². The Balaban J connectivity index is 1.70. The molecule has 157 valence electrons. The Morgan fingerprint density at radius 2 is 1.93 bits per heavy atom. The number of aliphatic hydroxyl groups excluding tert-OH is 1. The summed E-state index contributed by atoms with van der Waals surface area (Å²) in [6.45, 7) is 9.18. The van der Waals surface area contributed by atoms with Gasteiger partial charge in [0.05, 0.1) is 11.7 Å². The summed E-state index contributed by atoms with van der Waals surface area (Å²) >= 11 is 1.19. The molecule has 0 unspecified atom stereocenters. The minimum atomic E-state index is -1.12. The van der Waals surface area contributed by atoms with Gasteiger partial charge in [-0.1, -0.05) is 30.0 Å². The fourth-order valence-corrected chi connectivity index (χ4v) is 4.07. The van der Waals surface area contributed by atoms with Gasteiger partial charge in [0.15, 0.2) is 11.3 Å². The van der Waals surface area contributed by atoms with E-state index in [2.05, 4.69) is 11.9 Å². The number of fused-ring (bicyclic) bond motifs is 1. The molecular formula is C20H25N2O6S. The van der Waals surface area contributed by atoms with Crippen LogP contribution in [-0.2, 0) is 14.2 Å². The number of carbonyl (C=O) groups excluding carboxylic acids is 2. The van der Waals surface area contributed by atoms with Gasteiger partial charge in [0.1, 0.15) is 23.2 Å². The Morgan fingerprint density at radius 1 is 1.28 bits per heavy atom. The molecule has 3 rings (SSSR count). The number of hydrogen-bond acceptors (Lipinski definition) is 8. The second-order valence-corrected chi connectivity index (χ2v) is 8.89. The summed E-state index contributed by atoms with van der Waals surface area (Å²) in [4.78, 5) is 30.3. The first-order valence-electron chi connectivity index (χ1n) is 9.20. The summed E-state index contributed by atoms with van der Waals surface area (Å²) in [7, 11) is 1.54. The average Bonchev–Trinajstić information content (AvgIpc) is 3.07. The second kappa shape index (κ2) is 8.33. The van der Waals surface area contributed by atoms with Crippen molar-refractivity contribution in [2.45, 2.75) is 56.2 Å². The first kappa shape index (κ1) is 21.6. The number of aliphatic imine (C=N–C) groups is 1. The van der Waals surface area contributed by atoms with E-state index in [1.54, 1.807) is 51.1 Å². The Labute approximate surface area is 174 Å². The van der Waals surface area contributed by atoms with Gasteiger partial charge >= 0.3 is 12.1 Å². The van der Waals surface area contributed by atoms with E-state index in [4.69, 9.17) is 14.2 Å². The number of aliphatic hydroxyl groups is 1. The van der Waals surface area contributed by atoms with Crippen LogP contribution in [-0.4, -0.2) is 69.7 Å². The van der Waals surface area contributed by atoms with Crippen LogP contribution in [0, 0.1) is 6.92 Å². The molecule has 1 N–H and O–H groups in total. The highest BCUT2D eigenvalue weighted by Gasteiger charge is 2.50. The summed E-state index contributed by atoms with van der Waals surface area (Å²) in [5, 5.41) is 11.1. The van der Waals surface area contributed by atoms with Gasteiger partial charge in [-0.25, -0.2) is 9.59 Å². The normalized spacial score (nSPS) is 28.9. The molecule has 0 aliphatic carbocycles. The molecule has 29 heavy (non-hydrogen) atoms. The Morgan fingerprint density at radius 3 is 2.55 bits per heavy atom. The topological polar surface area (TPSA) is 97.7 Å². The lowest BCUT2D eigenvalue weighted by atomic mass is 9.99. The summed E-state index contributed by atoms with van der Waals surface area (Å²) in [6, 6.07) is 7.77. The van der Waals surface area contributed by atoms with Crippen molar-refractivity contribution in [3.8, 4) is 0 Å². The van der Waals surface area contributed by atoms with E-state index in [1.165, 1.54) is 23.7 Å². The van der Waals surface area contributed by atoms with Crippen LogP contribution < -0.4 is 0 Å². The molecule has 0 bridgehead atoms. The molecule has 1 aromatic rings. The number of esters is 1. The number of carbonyl (C=O) groups is 2. The van der Waals surface area contributed by atoms with E-state index < -0.39 is 47.5 Å². The first-order valence-corrected chi connectivity index (χ1v) is 10.1. The molecule has 2 aliphatic heterocycles. The fraction of sp³-hybridized carbons (Fsp3) is 0.500. The first-order chi connectivity index (χ1) is 13.6. The van der Waals surface area contributed by atoms with Crippen molar-refractivity contribution in [1.29, 1.82) is 0 Å². The molecule has 0 saturated carbocycles. The molecule has 2 heterocycles. The van der Waals surface area contributed by atoms with Gasteiger partial charge in [0.25, 0.3) is 0 Å². The Hall–Kier alpha value is -2.10. The van der Waals surface area contributed by atoms with Crippen molar-refractivity contribution in [3.05, 3.63) is 42.8 Å². The fourth-order valence-electron chi connectivity index (χ4n) is 2.89. The third-order valence-corrected chi connectivity index (χ3v) is 5.54. The summed E-state index contributed by atoms with van der Waals surface area (Å²) in [6.07, 6.45) is -3.46. The Bertz CT molecular complexity index is 794. The van der Waals surface area contributed by atoms with E-state index in [-0.39, 0.29) is 0 Å². The van der Waals surface area contributed by atoms with Gasteiger partial charge in [-0.15, -0.1) is 0 Å². The van der Waals surface area contributed by atoms with E-state index in [9.17, 15) is 14.7 Å². The number of amidine groups is 1. The highest BCUT2D eigenvalue weighted by Crippen LogP contribution is 2.38. The molecule has 1 saturated heterocycles. The highest BCUT2D eigenvalue weighted by atomic mass is 32.2. The van der Waals surface area contributed by atoms with Crippen LogP contribution in [0.5, 0.6) is 0 Å². The van der Waals surface area contributed by atoms with Crippen molar-refractivity contribution in [1.82, 2.24) is 4.90 Å². The number of rotatable bonds is 2. The number of ether oxygens (including phenoxy) is 3. The van der Waals surface area contributed by atoms with Gasteiger partial charge in [0.2, 0.25) is 0 Å². The average molecular weight is 421 g/mol. The maximum atomic E-state index is 12.4. The highest BCUT2D eigenvalue weighted by molar-refractivity contribution is 8.14. The van der Waals surface area contributed by atoms with E-state index in [1.807, 2.05) is 0 Å². The predicted octanol–water partition coefficient (Wildman–Crippen LogP) is 2.47. The lowest BCUT2D eigenvalue weighted by molar-refractivity contribution is -0.140. The molecule has 5 atom stereocenters. The lowest BCUT2D eigenvalue weighted by Crippen LogP contribution is -2.55. The largest absolute Gasteiger partial charge is 0.453 e. The zero-order valence-electron chi connectivity index (χ0n) is 16.8. The monoisotopic (exact) mass is 421 g/mol. The van der Waals surface area contributed by atoms with Crippen LogP contribution in [0.25, 0.3) is 0 Å². The van der Waals surface area contributed by atoms with Crippen LogP contribution in [0.1, 0.15) is 31.1 Å². The molecule has 0 spiro atoms. The molecule has 1 fully saturated rings. The lowest BCUT2D eigenvalue weighted by Gasteiger charge is -2.38. The zero-order chi connectivity index (χ0) is 21.3. The molecule has 1 amide bonds. The molecule has 2 aliphatic rings. The summed E-state index contributed by atoms with van der Waals surface area (Å²) in [5.41, 5.74) is -0.824. The van der Waals surface area contributed by atoms with Crippen LogP contribution in [0.3, 0.4) is 0 Å². The molecule has 1 radical (unpaired) electrons. The van der Waals surface area contributed by atoms with Crippen LogP contribution in [0.4, 0.5) is 4.79 Å². The maximum Gasteiger partial charge on any atom is 0.416 e. The van der Waals surface area contributed by atoms with Crippen molar-refractivity contribution in [3.63, 3.8) is 0 Å². The second-order valence-electron chi connectivity index (χ2n) is 7.83. The van der Waals surface area contributed by atoms with Crippen molar-refractivity contribution >= 4 is 29.0 Å². The van der Waals surface area contributed by atoms with Gasteiger partial charge in [-0.05, 0) is 39.8 Å². The molecular weight excluding hydrogens is 396 g/mol. The minimum Gasteiger partial charge on any atom is -0.453 e. The smallest absolute Gasteiger partial charge is 0.416 e. The molecule has 8 nitrogen and oxygen atoms in total. The number of hydrogen-bond donors (Lipinski definition) is 1. The van der Waals surface area contributed by atoms with Crippen LogP contribution >= 0.6 is 11.8 Å². The summed E-state index contributed by atoms with van der Waals surface area (Å²) < 4.78 is 16.6. The van der Waals surface area contributed by atoms with Gasteiger partial charge < -0.3 is 19.3 Å². The van der Waals surface area contributed by atoms with Gasteiger partial charge in [-0.3, -0.25) is 9.89 Å².